The third-order valence-corrected chi connectivity index (χ3v) is 7.87. The van der Waals surface area contributed by atoms with Crippen molar-refractivity contribution in [1.82, 2.24) is 19.6 Å². The van der Waals surface area contributed by atoms with Crippen LogP contribution in [0.1, 0.15) is 34.3 Å². The van der Waals surface area contributed by atoms with E-state index >= 15 is 0 Å². The molecule has 39 heavy (non-hydrogen) atoms. The Hall–Kier alpha value is -4.09. The molecule has 0 saturated carbocycles. The Labute approximate surface area is 230 Å². The van der Waals surface area contributed by atoms with Crippen LogP contribution < -0.4 is 4.74 Å². The van der Waals surface area contributed by atoms with E-state index < -0.39 is 0 Å². The maximum absolute atomic E-state index is 13.3. The number of carbonyl (C=O) groups excluding carboxylic acids is 2. The number of hydrogen-bond donors (Lipinski definition) is 0. The molecule has 2 fully saturated rings. The summed E-state index contributed by atoms with van der Waals surface area (Å²) < 4.78 is 5.18. The molecule has 0 atom stereocenters. The molecule has 2 aromatic carbocycles. The highest BCUT2D eigenvalue weighted by Crippen LogP contribution is 2.23. The first-order valence-corrected chi connectivity index (χ1v) is 13.6. The normalized spacial score (nSPS) is 18.5. The van der Waals surface area contributed by atoms with Gasteiger partial charge in [0.05, 0.1) is 24.3 Å². The molecule has 0 spiro atoms. The monoisotopic (exact) mass is 525 g/mol. The van der Waals surface area contributed by atoms with E-state index in [9.17, 15) is 9.59 Å². The number of amides is 2. The number of hydrogen-bond acceptors (Lipinski definition) is 6. The van der Waals surface area contributed by atoms with Crippen molar-refractivity contribution in [3.63, 3.8) is 0 Å². The van der Waals surface area contributed by atoms with Crippen LogP contribution >= 0.6 is 0 Å². The molecule has 3 aliphatic heterocycles. The Balaban J connectivity index is 1.11. The summed E-state index contributed by atoms with van der Waals surface area (Å²) in [7, 11) is 1.60. The predicted octanol–water partition coefficient (Wildman–Crippen LogP) is 3.27. The van der Waals surface area contributed by atoms with Gasteiger partial charge in [0.2, 0.25) is 0 Å². The van der Waals surface area contributed by atoms with E-state index in [0.29, 0.717) is 43.3 Å². The zero-order valence-corrected chi connectivity index (χ0v) is 22.5. The molecular formula is C31H35N5O3. The summed E-state index contributed by atoms with van der Waals surface area (Å²) in [6.07, 6.45) is 8.16. The molecule has 3 heterocycles. The molecule has 5 rings (SSSR count). The van der Waals surface area contributed by atoms with Crippen LogP contribution in [-0.2, 0) is 11.3 Å². The van der Waals surface area contributed by atoms with Crippen LogP contribution in [-0.4, -0.2) is 90.4 Å². The third kappa shape index (κ3) is 6.32. The summed E-state index contributed by atoms with van der Waals surface area (Å²) in [5.41, 5.74) is 3.27. The van der Waals surface area contributed by atoms with Crippen LogP contribution in [0.5, 0.6) is 5.75 Å². The van der Waals surface area contributed by atoms with Gasteiger partial charge in [-0.15, -0.1) is 0 Å². The highest BCUT2D eigenvalue weighted by Gasteiger charge is 2.29. The van der Waals surface area contributed by atoms with Crippen molar-refractivity contribution in [2.24, 2.45) is 0 Å². The average molecular weight is 526 g/mol. The molecule has 0 bridgehead atoms. The summed E-state index contributed by atoms with van der Waals surface area (Å²) in [4.78, 5) is 34.7. The maximum Gasteiger partial charge on any atom is 0.255 e. The highest BCUT2D eigenvalue weighted by molar-refractivity contribution is 5.97. The molecule has 0 unspecified atom stereocenters. The fourth-order valence-electron chi connectivity index (χ4n) is 5.52. The molecule has 0 radical (unpaired) electrons. The number of rotatable bonds is 6. The van der Waals surface area contributed by atoms with Crippen molar-refractivity contribution in [2.45, 2.75) is 25.4 Å². The van der Waals surface area contributed by atoms with E-state index in [1.807, 2.05) is 46.3 Å². The van der Waals surface area contributed by atoms with Gasteiger partial charge in [0, 0.05) is 70.2 Å². The minimum absolute atomic E-state index is 0.0155. The molecule has 0 N–H and O–H groups in total. The first-order valence-electron chi connectivity index (χ1n) is 13.6. The second kappa shape index (κ2) is 12.2. The van der Waals surface area contributed by atoms with Crippen molar-refractivity contribution in [2.75, 3.05) is 52.9 Å². The van der Waals surface area contributed by atoms with Crippen LogP contribution in [0.15, 0.2) is 72.5 Å². The second-order valence-electron chi connectivity index (χ2n) is 10.3. The van der Waals surface area contributed by atoms with Gasteiger partial charge >= 0.3 is 0 Å². The Morgan fingerprint density at radius 2 is 1.54 bits per heavy atom. The van der Waals surface area contributed by atoms with E-state index in [1.54, 1.807) is 31.4 Å². The third-order valence-electron chi connectivity index (χ3n) is 7.87. The molecule has 3 aliphatic rings. The Morgan fingerprint density at radius 1 is 0.897 bits per heavy atom. The summed E-state index contributed by atoms with van der Waals surface area (Å²) >= 11 is 0. The van der Waals surface area contributed by atoms with Crippen LogP contribution in [0.2, 0.25) is 0 Å². The lowest BCUT2D eigenvalue weighted by Gasteiger charge is -2.39. The van der Waals surface area contributed by atoms with Crippen LogP contribution in [0.4, 0.5) is 0 Å². The first-order chi connectivity index (χ1) is 19.0. The summed E-state index contributed by atoms with van der Waals surface area (Å²) in [6, 6.07) is 17.6. The highest BCUT2D eigenvalue weighted by atomic mass is 16.5. The Bertz CT molecular complexity index is 1260. The second-order valence-corrected chi connectivity index (χ2v) is 10.3. The molecule has 2 saturated heterocycles. The number of piperazine rings is 1. The number of likely N-dealkylation sites (tertiary alicyclic amines) is 1. The van der Waals surface area contributed by atoms with Crippen LogP contribution in [0.25, 0.3) is 0 Å². The summed E-state index contributed by atoms with van der Waals surface area (Å²) in [5, 5.41) is 9.00. The van der Waals surface area contributed by atoms with E-state index in [-0.39, 0.29) is 11.8 Å². The first kappa shape index (κ1) is 26.5. The lowest BCUT2D eigenvalue weighted by atomic mass is 10.0. The zero-order valence-electron chi connectivity index (χ0n) is 22.5. The Kier molecular flexibility index (Phi) is 8.28. The van der Waals surface area contributed by atoms with Crippen molar-refractivity contribution in [3.05, 3.63) is 89.1 Å². The van der Waals surface area contributed by atoms with E-state index in [0.717, 1.165) is 50.3 Å². The smallest absolute Gasteiger partial charge is 0.255 e. The standard InChI is InChI=1S/C31H35N5O3/c1-39-29-10-8-26(9-11-29)30(37)34-17-19-35(20-18-34)31(38)27-3-2-14-36(23-27)28-12-15-33(16-13-28)22-25-6-4-24(21-32)5-7-25/h2-11,23,28H,12-20,22H2,1H3. The van der Waals surface area contributed by atoms with Crippen molar-refractivity contribution in [1.29, 1.82) is 5.26 Å². The number of nitrogens with zero attached hydrogens (tertiary/aromatic N) is 5. The summed E-state index contributed by atoms with van der Waals surface area (Å²) in [5.74, 6) is 0.738. The van der Waals surface area contributed by atoms with Gasteiger partial charge in [0.25, 0.3) is 11.8 Å². The number of nitriles is 1. The molecule has 0 aromatic heterocycles. The molecule has 0 aliphatic carbocycles. The van der Waals surface area contributed by atoms with Crippen molar-refractivity contribution in [3.8, 4) is 11.8 Å². The zero-order chi connectivity index (χ0) is 27.2. The minimum atomic E-state index is -0.0155. The Morgan fingerprint density at radius 3 is 2.15 bits per heavy atom. The molecule has 8 nitrogen and oxygen atoms in total. The maximum atomic E-state index is 13.3. The SMILES string of the molecule is COc1ccc(C(=O)N2CCN(C(=O)C3=CN(C4CCN(Cc5ccc(C#N)cc5)CC4)CC=C3)CC2)cc1. The fourth-order valence-corrected chi connectivity index (χ4v) is 5.52. The number of carbonyl (C=O) groups is 2. The van der Waals surface area contributed by atoms with Gasteiger partial charge in [0.1, 0.15) is 5.75 Å². The van der Waals surface area contributed by atoms with E-state index in [4.69, 9.17) is 10.00 Å². The van der Waals surface area contributed by atoms with E-state index in [1.165, 1.54) is 5.56 Å². The van der Waals surface area contributed by atoms with Gasteiger partial charge in [-0.3, -0.25) is 14.5 Å². The molecule has 2 amide bonds. The average Bonchev–Trinajstić information content (AvgIpc) is 3.01. The number of piperidine rings is 1. The van der Waals surface area contributed by atoms with Gasteiger partial charge in [0.15, 0.2) is 0 Å². The predicted molar refractivity (Wildman–Crippen MR) is 149 cm³/mol. The van der Waals surface area contributed by atoms with E-state index in [2.05, 4.69) is 21.9 Å². The lowest BCUT2D eigenvalue weighted by Crippen LogP contribution is -2.51. The van der Waals surface area contributed by atoms with Gasteiger partial charge < -0.3 is 19.4 Å². The van der Waals surface area contributed by atoms with Gasteiger partial charge in [-0.2, -0.15) is 5.26 Å². The van der Waals surface area contributed by atoms with Crippen molar-refractivity contribution < 1.29 is 14.3 Å². The molecule has 2 aromatic rings. The number of benzene rings is 2. The fraction of sp³-hybridized carbons (Fsp3) is 0.387. The largest absolute Gasteiger partial charge is 0.497 e. The molecule has 8 heteroatoms. The van der Waals surface area contributed by atoms with Crippen LogP contribution in [0.3, 0.4) is 0 Å². The van der Waals surface area contributed by atoms with Gasteiger partial charge in [-0.1, -0.05) is 24.3 Å². The van der Waals surface area contributed by atoms with Gasteiger partial charge in [-0.25, -0.2) is 0 Å². The van der Waals surface area contributed by atoms with Crippen molar-refractivity contribution >= 4 is 11.8 Å². The topological polar surface area (TPSA) is 80.1 Å². The van der Waals surface area contributed by atoms with Gasteiger partial charge in [-0.05, 0) is 54.8 Å². The molecular weight excluding hydrogens is 490 g/mol. The number of methoxy groups -OCH3 is 1. The molecule has 202 valence electrons. The summed E-state index contributed by atoms with van der Waals surface area (Å²) in [6.45, 7) is 5.83. The quantitative estimate of drug-likeness (QED) is 0.576. The minimum Gasteiger partial charge on any atom is -0.497 e. The van der Waals surface area contributed by atoms with Crippen LogP contribution in [0, 0.1) is 11.3 Å². The lowest BCUT2D eigenvalue weighted by molar-refractivity contribution is -0.128. The number of ether oxygens (including phenoxy) is 1.